The van der Waals surface area contributed by atoms with Crippen LogP contribution >= 0.6 is 24.4 Å². The molecule has 5 nitrogen and oxygen atoms in total. The minimum Gasteiger partial charge on any atom is -0.371 e. The summed E-state index contributed by atoms with van der Waals surface area (Å²) in [6.45, 7) is 1.68. The molecule has 1 aliphatic heterocycles. The van der Waals surface area contributed by atoms with Gasteiger partial charge in [-0.3, -0.25) is 9.29 Å². The van der Waals surface area contributed by atoms with Crippen molar-refractivity contribution in [1.29, 1.82) is 0 Å². The molecule has 0 bridgehead atoms. The molecule has 2 aromatic carbocycles. The zero-order chi connectivity index (χ0) is 19.5. The number of hydrogen-bond acceptors (Lipinski definition) is 4. The van der Waals surface area contributed by atoms with Gasteiger partial charge in [0.15, 0.2) is 0 Å². The Morgan fingerprint density at radius 1 is 1.14 bits per heavy atom. The van der Waals surface area contributed by atoms with E-state index in [-0.39, 0.29) is 12.1 Å². The van der Waals surface area contributed by atoms with E-state index in [1.807, 2.05) is 60.8 Å². The number of amides is 2. The Kier molecular flexibility index (Phi) is 5.59. The van der Waals surface area contributed by atoms with Crippen LogP contribution in [0.15, 0.2) is 60.8 Å². The van der Waals surface area contributed by atoms with Gasteiger partial charge in [0.05, 0.1) is 5.52 Å². The highest BCUT2D eigenvalue weighted by molar-refractivity contribution is 7.78. The number of carbonyl (C=O) groups is 1. The standard InChI is InChI=1S/C21H21ClN4OS/c22-15-6-7-19-18(14-15)20(8-11-23-19)25-12-9-17(10-13-25)26(28)21(27)24-16-4-2-1-3-5-16/h1-8,11,14,17,28H,9-10,12-13H2,(H,24,27). The number of halogens is 1. The van der Waals surface area contributed by atoms with Crippen molar-refractivity contribution in [2.24, 2.45) is 0 Å². The first-order chi connectivity index (χ1) is 13.6. The molecule has 7 heteroatoms. The highest BCUT2D eigenvalue weighted by atomic mass is 35.5. The fourth-order valence-corrected chi connectivity index (χ4v) is 4.05. The Balaban J connectivity index is 1.42. The Labute approximate surface area is 174 Å². The van der Waals surface area contributed by atoms with E-state index in [0.717, 1.165) is 48.2 Å². The number of urea groups is 1. The van der Waals surface area contributed by atoms with Crippen molar-refractivity contribution in [2.75, 3.05) is 23.3 Å². The van der Waals surface area contributed by atoms with E-state index < -0.39 is 0 Å². The molecule has 0 atom stereocenters. The summed E-state index contributed by atoms with van der Waals surface area (Å²) in [6.07, 6.45) is 3.52. The second-order valence-corrected chi connectivity index (χ2v) is 7.72. The van der Waals surface area contributed by atoms with Gasteiger partial charge in [0, 0.05) is 47.1 Å². The van der Waals surface area contributed by atoms with Crippen molar-refractivity contribution in [1.82, 2.24) is 9.29 Å². The summed E-state index contributed by atoms with van der Waals surface area (Å²) in [7, 11) is 0. The van der Waals surface area contributed by atoms with Crippen LogP contribution < -0.4 is 10.2 Å². The molecule has 1 aromatic heterocycles. The number of piperidine rings is 1. The second kappa shape index (κ2) is 8.29. The minimum atomic E-state index is -0.200. The highest BCUT2D eigenvalue weighted by Crippen LogP contribution is 2.31. The minimum absolute atomic E-state index is 0.0833. The number of fused-ring (bicyclic) bond motifs is 1. The molecular formula is C21H21ClN4OS. The van der Waals surface area contributed by atoms with Gasteiger partial charge in [0.25, 0.3) is 0 Å². The molecule has 2 amide bonds. The Hall–Kier alpha value is -2.44. The van der Waals surface area contributed by atoms with Crippen molar-refractivity contribution in [2.45, 2.75) is 18.9 Å². The fourth-order valence-electron chi connectivity index (χ4n) is 3.60. The number of benzene rings is 2. The van der Waals surface area contributed by atoms with Gasteiger partial charge in [-0.25, -0.2) is 4.79 Å². The fraction of sp³-hybridized carbons (Fsp3) is 0.238. The van der Waals surface area contributed by atoms with Crippen molar-refractivity contribution < 1.29 is 4.79 Å². The SMILES string of the molecule is O=C(Nc1ccccc1)N(S)C1CCN(c2ccnc3ccc(Cl)cc23)CC1. The number of nitrogens with one attached hydrogen (secondary N) is 1. The van der Waals surface area contributed by atoms with Gasteiger partial charge in [-0.2, -0.15) is 0 Å². The maximum absolute atomic E-state index is 12.5. The van der Waals surface area contributed by atoms with Crippen molar-refractivity contribution in [3.8, 4) is 0 Å². The molecule has 1 aliphatic rings. The molecule has 1 N–H and O–H groups in total. The average Bonchev–Trinajstić information content (AvgIpc) is 2.73. The van der Waals surface area contributed by atoms with Crippen LogP contribution in [-0.4, -0.2) is 34.5 Å². The number of aromatic nitrogens is 1. The summed E-state index contributed by atoms with van der Waals surface area (Å²) in [6, 6.07) is 17.1. The van der Waals surface area contributed by atoms with E-state index in [4.69, 9.17) is 11.6 Å². The maximum atomic E-state index is 12.5. The van der Waals surface area contributed by atoms with E-state index in [9.17, 15) is 4.79 Å². The number of nitrogens with zero attached hydrogens (tertiary/aromatic N) is 3. The molecule has 2 heterocycles. The third-order valence-electron chi connectivity index (χ3n) is 5.06. The van der Waals surface area contributed by atoms with Gasteiger partial charge in [0.1, 0.15) is 0 Å². The Bertz CT molecular complexity index is 977. The summed E-state index contributed by atoms with van der Waals surface area (Å²) in [4.78, 5) is 19.2. The van der Waals surface area contributed by atoms with Crippen LogP contribution in [0.1, 0.15) is 12.8 Å². The molecule has 0 radical (unpaired) electrons. The molecule has 28 heavy (non-hydrogen) atoms. The van der Waals surface area contributed by atoms with E-state index in [2.05, 4.69) is 28.0 Å². The van der Waals surface area contributed by atoms with E-state index in [0.29, 0.717) is 5.02 Å². The van der Waals surface area contributed by atoms with Gasteiger partial charge in [-0.15, -0.1) is 0 Å². The summed E-state index contributed by atoms with van der Waals surface area (Å²) in [5.74, 6) is 0. The molecule has 1 fully saturated rings. The zero-order valence-electron chi connectivity index (χ0n) is 15.3. The second-order valence-electron chi connectivity index (χ2n) is 6.85. The highest BCUT2D eigenvalue weighted by Gasteiger charge is 2.27. The number of thiol groups is 1. The molecule has 0 spiro atoms. The van der Waals surface area contributed by atoms with Gasteiger partial charge in [-0.1, -0.05) is 42.6 Å². The van der Waals surface area contributed by atoms with Crippen LogP contribution in [0.2, 0.25) is 5.02 Å². The summed E-state index contributed by atoms with van der Waals surface area (Å²) < 4.78 is 1.52. The molecule has 0 unspecified atom stereocenters. The number of carbonyl (C=O) groups excluding carboxylic acids is 1. The van der Waals surface area contributed by atoms with Crippen molar-refractivity contribution in [3.63, 3.8) is 0 Å². The summed E-state index contributed by atoms with van der Waals surface area (Å²) in [5, 5.41) is 4.64. The van der Waals surface area contributed by atoms with Crippen LogP contribution in [0.5, 0.6) is 0 Å². The van der Waals surface area contributed by atoms with Gasteiger partial charge >= 0.3 is 6.03 Å². The lowest BCUT2D eigenvalue weighted by atomic mass is 10.0. The quantitative estimate of drug-likeness (QED) is 0.578. The summed E-state index contributed by atoms with van der Waals surface area (Å²) >= 11 is 10.7. The number of pyridine rings is 1. The van der Waals surface area contributed by atoms with Gasteiger partial charge in [-0.05, 0) is 49.2 Å². The zero-order valence-corrected chi connectivity index (χ0v) is 16.9. The number of para-hydroxylation sites is 1. The normalized spacial score (nSPS) is 14.9. The molecular weight excluding hydrogens is 392 g/mol. The van der Waals surface area contributed by atoms with Crippen LogP contribution in [0.4, 0.5) is 16.2 Å². The lowest BCUT2D eigenvalue weighted by Gasteiger charge is -2.37. The largest absolute Gasteiger partial charge is 0.371 e. The first-order valence-corrected chi connectivity index (χ1v) is 10.0. The van der Waals surface area contributed by atoms with Crippen molar-refractivity contribution in [3.05, 3.63) is 65.8 Å². The average molecular weight is 413 g/mol. The molecule has 144 valence electrons. The van der Waals surface area contributed by atoms with E-state index in [1.54, 1.807) is 0 Å². The van der Waals surface area contributed by atoms with E-state index in [1.165, 1.54) is 4.31 Å². The Morgan fingerprint density at radius 3 is 2.64 bits per heavy atom. The molecule has 0 aliphatic carbocycles. The first kappa shape index (κ1) is 18.9. The van der Waals surface area contributed by atoms with Gasteiger partial charge in [0.2, 0.25) is 0 Å². The number of anilines is 2. The van der Waals surface area contributed by atoms with Crippen molar-refractivity contribution >= 4 is 52.7 Å². The first-order valence-electron chi connectivity index (χ1n) is 9.25. The smallest absolute Gasteiger partial charge is 0.331 e. The molecule has 4 rings (SSSR count). The molecule has 3 aromatic rings. The number of hydrogen-bond donors (Lipinski definition) is 2. The Morgan fingerprint density at radius 2 is 1.89 bits per heavy atom. The van der Waals surface area contributed by atoms with Crippen LogP contribution in [-0.2, 0) is 0 Å². The maximum Gasteiger partial charge on any atom is 0.331 e. The predicted octanol–water partition coefficient (Wildman–Crippen LogP) is 5.24. The topological polar surface area (TPSA) is 48.5 Å². The number of rotatable bonds is 3. The third-order valence-corrected chi connectivity index (χ3v) is 5.81. The van der Waals surface area contributed by atoms with Crippen LogP contribution in [0.25, 0.3) is 10.9 Å². The summed E-state index contributed by atoms with van der Waals surface area (Å²) in [5.41, 5.74) is 2.83. The van der Waals surface area contributed by atoms with Crippen LogP contribution in [0.3, 0.4) is 0 Å². The van der Waals surface area contributed by atoms with E-state index >= 15 is 0 Å². The predicted molar refractivity (Wildman–Crippen MR) is 118 cm³/mol. The lowest BCUT2D eigenvalue weighted by molar-refractivity contribution is 0.223. The lowest BCUT2D eigenvalue weighted by Crippen LogP contribution is -2.44. The third kappa shape index (κ3) is 4.03. The van der Waals surface area contributed by atoms with Crippen LogP contribution in [0, 0.1) is 0 Å². The monoisotopic (exact) mass is 412 g/mol. The molecule has 0 saturated carbocycles. The van der Waals surface area contributed by atoms with Gasteiger partial charge < -0.3 is 10.2 Å². The molecule has 1 saturated heterocycles.